The maximum absolute atomic E-state index is 14.0. The summed E-state index contributed by atoms with van der Waals surface area (Å²) in [4.78, 5) is 4.84. The quantitative estimate of drug-likeness (QED) is 0.853. The molecule has 1 fully saturated rings. The predicted molar refractivity (Wildman–Crippen MR) is 79.7 cm³/mol. The van der Waals surface area contributed by atoms with Crippen LogP contribution in [0.1, 0.15) is 17.5 Å². The molecule has 1 saturated heterocycles. The minimum absolute atomic E-state index is 0.220. The van der Waals surface area contributed by atoms with Crippen LogP contribution in [0.5, 0.6) is 0 Å². The number of hydrogen-bond donors (Lipinski definition) is 1. The van der Waals surface area contributed by atoms with Gasteiger partial charge in [0.25, 0.3) is 0 Å². The van der Waals surface area contributed by atoms with Gasteiger partial charge in [-0.3, -0.25) is 4.90 Å². The number of benzene rings is 1. The molecule has 3 nitrogen and oxygen atoms in total. The molecule has 2 rings (SSSR count). The number of hydrogen-bond acceptors (Lipinski definition) is 3. The van der Waals surface area contributed by atoms with E-state index in [1.807, 2.05) is 0 Å². The number of thiocarbonyl (C=S) groups is 1. The highest BCUT2D eigenvalue weighted by atomic mass is 32.1. The Balaban J connectivity index is 2.04. The fraction of sp³-hybridized carbons (Fsp3) is 0.500. The fourth-order valence-electron chi connectivity index (χ4n) is 2.33. The smallest absolute Gasteiger partial charge is 0.128 e. The number of nitrogens with zero attached hydrogens (tertiary/aromatic N) is 2. The predicted octanol–water partition coefficient (Wildman–Crippen LogP) is 1.60. The van der Waals surface area contributed by atoms with Crippen LogP contribution in [0.2, 0.25) is 0 Å². The SMILES string of the molecule is CN1CCCN(Cc2ccc(C(N)=S)cc2F)CC1. The van der Waals surface area contributed by atoms with Gasteiger partial charge < -0.3 is 10.6 Å². The van der Waals surface area contributed by atoms with Crippen molar-refractivity contribution in [1.82, 2.24) is 9.80 Å². The zero-order valence-corrected chi connectivity index (χ0v) is 12.0. The zero-order valence-electron chi connectivity index (χ0n) is 11.2. The molecule has 0 spiro atoms. The highest BCUT2D eigenvalue weighted by Gasteiger charge is 2.14. The number of likely N-dealkylation sites (N-methyl/N-ethyl adjacent to an activating group) is 1. The molecule has 0 unspecified atom stereocenters. The topological polar surface area (TPSA) is 32.5 Å². The Kier molecular flexibility index (Phi) is 4.85. The van der Waals surface area contributed by atoms with Gasteiger partial charge in [-0.05, 0) is 32.6 Å². The molecule has 1 aliphatic rings. The van der Waals surface area contributed by atoms with Crippen molar-refractivity contribution < 1.29 is 4.39 Å². The third-order valence-corrected chi connectivity index (χ3v) is 3.78. The van der Waals surface area contributed by atoms with Gasteiger partial charge in [0.05, 0.1) is 0 Å². The first-order valence-electron chi connectivity index (χ1n) is 6.55. The molecular weight excluding hydrogens is 261 g/mol. The number of nitrogens with two attached hydrogens (primary N) is 1. The third-order valence-electron chi connectivity index (χ3n) is 3.54. The zero-order chi connectivity index (χ0) is 13.8. The van der Waals surface area contributed by atoms with E-state index in [0.29, 0.717) is 17.7 Å². The molecule has 1 aromatic carbocycles. The summed E-state index contributed by atoms with van der Waals surface area (Å²) in [6.45, 7) is 4.79. The summed E-state index contributed by atoms with van der Waals surface area (Å²) in [5, 5.41) is 0. The third kappa shape index (κ3) is 3.96. The van der Waals surface area contributed by atoms with E-state index >= 15 is 0 Å². The molecule has 0 radical (unpaired) electrons. The molecule has 1 aliphatic heterocycles. The summed E-state index contributed by atoms with van der Waals surface area (Å²) in [5.74, 6) is -0.220. The highest BCUT2D eigenvalue weighted by Crippen LogP contribution is 2.14. The summed E-state index contributed by atoms with van der Waals surface area (Å²) in [7, 11) is 2.13. The van der Waals surface area contributed by atoms with Crippen molar-refractivity contribution in [2.75, 3.05) is 33.2 Å². The van der Waals surface area contributed by atoms with E-state index in [4.69, 9.17) is 18.0 Å². The largest absolute Gasteiger partial charge is 0.389 e. The Morgan fingerprint density at radius 1 is 1.32 bits per heavy atom. The Hall–Kier alpha value is -1.04. The van der Waals surface area contributed by atoms with Crippen molar-refractivity contribution in [3.63, 3.8) is 0 Å². The summed E-state index contributed by atoms with van der Waals surface area (Å²) in [6.07, 6.45) is 1.13. The van der Waals surface area contributed by atoms with Crippen LogP contribution >= 0.6 is 12.2 Å². The van der Waals surface area contributed by atoms with Gasteiger partial charge in [-0.1, -0.05) is 24.4 Å². The van der Waals surface area contributed by atoms with Crippen LogP contribution in [-0.2, 0) is 6.54 Å². The van der Waals surface area contributed by atoms with Crippen LogP contribution in [0.25, 0.3) is 0 Å². The molecule has 2 N–H and O–H groups in total. The van der Waals surface area contributed by atoms with Gasteiger partial charge in [0, 0.05) is 30.8 Å². The van der Waals surface area contributed by atoms with E-state index in [-0.39, 0.29) is 10.8 Å². The van der Waals surface area contributed by atoms with E-state index in [1.54, 1.807) is 12.1 Å². The molecule has 1 heterocycles. The van der Waals surface area contributed by atoms with Crippen LogP contribution in [-0.4, -0.2) is 48.0 Å². The van der Waals surface area contributed by atoms with Crippen LogP contribution in [0.3, 0.4) is 0 Å². The summed E-state index contributed by atoms with van der Waals surface area (Å²) >= 11 is 4.85. The van der Waals surface area contributed by atoms with Gasteiger partial charge in [0.1, 0.15) is 10.8 Å². The van der Waals surface area contributed by atoms with Crippen molar-refractivity contribution in [3.05, 3.63) is 35.1 Å². The van der Waals surface area contributed by atoms with Crippen molar-refractivity contribution in [2.24, 2.45) is 5.73 Å². The summed E-state index contributed by atoms with van der Waals surface area (Å²) in [6, 6.07) is 5.02. The second kappa shape index (κ2) is 6.41. The number of rotatable bonds is 3. The molecule has 19 heavy (non-hydrogen) atoms. The monoisotopic (exact) mass is 281 g/mol. The minimum atomic E-state index is -0.220. The highest BCUT2D eigenvalue weighted by molar-refractivity contribution is 7.80. The molecule has 0 saturated carbocycles. The molecule has 0 aromatic heterocycles. The molecule has 1 aromatic rings. The lowest BCUT2D eigenvalue weighted by Gasteiger charge is -2.20. The van der Waals surface area contributed by atoms with E-state index in [2.05, 4.69) is 16.8 Å². The van der Waals surface area contributed by atoms with Crippen molar-refractivity contribution in [1.29, 1.82) is 0 Å². The fourth-order valence-corrected chi connectivity index (χ4v) is 2.45. The van der Waals surface area contributed by atoms with Gasteiger partial charge in [0.2, 0.25) is 0 Å². The lowest BCUT2D eigenvalue weighted by atomic mass is 10.1. The first-order valence-corrected chi connectivity index (χ1v) is 6.96. The lowest BCUT2D eigenvalue weighted by molar-refractivity contribution is 0.266. The summed E-state index contributed by atoms with van der Waals surface area (Å²) < 4.78 is 14.0. The Morgan fingerprint density at radius 3 is 2.79 bits per heavy atom. The van der Waals surface area contributed by atoms with Gasteiger partial charge in [-0.2, -0.15) is 0 Å². The van der Waals surface area contributed by atoms with Gasteiger partial charge in [-0.15, -0.1) is 0 Å². The lowest BCUT2D eigenvalue weighted by Crippen LogP contribution is -2.28. The molecule has 0 amide bonds. The molecule has 0 aliphatic carbocycles. The normalized spacial score (nSPS) is 18.2. The van der Waals surface area contributed by atoms with Gasteiger partial charge >= 0.3 is 0 Å². The van der Waals surface area contributed by atoms with Crippen LogP contribution in [0.4, 0.5) is 4.39 Å². The first-order chi connectivity index (χ1) is 9.06. The first kappa shape index (κ1) is 14.4. The van der Waals surface area contributed by atoms with Crippen LogP contribution < -0.4 is 5.73 Å². The number of halogens is 1. The van der Waals surface area contributed by atoms with Gasteiger partial charge in [0.15, 0.2) is 0 Å². The second-order valence-electron chi connectivity index (χ2n) is 5.10. The Bertz CT molecular complexity index is 464. The van der Waals surface area contributed by atoms with E-state index < -0.39 is 0 Å². The van der Waals surface area contributed by atoms with Crippen molar-refractivity contribution >= 4 is 17.2 Å². The molecule has 0 atom stereocenters. The minimum Gasteiger partial charge on any atom is -0.389 e. The van der Waals surface area contributed by atoms with E-state index in [1.165, 1.54) is 6.07 Å². The second-order valence-corrected chi connectivity index (χ2v) is 5.54. The standard InChI is InChI=1S/C14H20FN3S/c1-17-5-2-6-18(8-7-17)10-12-4-3-11(14(16)19)9-13(12)15/h3-4,9H,2,5-8,10H2,1H3,(H2,16,19). The maximum atomic E-state index is 14.0. The molecular formula is C14H20FN3S. The molecule has 104 valence electrons. The van der Waals surface area contributed by atoms with Crippen molar-refractivity contribution in [2.45, 2.75) is 13.0 Å². The molecule has 0 bridgehead atoms. The van der Waals surface area contributed by atoms with E-state index in [9.17, 15) is 4.39 Å². The van der Waals surface area contributed by atoms with Crippen molar-refractivity contribution in [3.8, 4) is 0 Å². The average Bonchev–Trinajstić information content (AvgIpc) is 2.57. The van der Waals surface area contributed by atoms with Gasteiger partial charge in [-0.25, -0.2) is 4.39 Å². The Morgan fingerprint density at radius 2 is 2.11 bits per heavy atom. The van der Waals surface area contributed by atoms with Crippen LogP contribution in [0, 0.1) is 5.82 Å². The maximum Gasteiger partial charge on any atom is 0.128 e. The Labute approximate surface area is 119 Å². The molecule has 5 heteroatoms. The average molecular weight is 281 g/mol. The van der Waals surface area contributed by atoms with E-state index in [0.717, 1.165) is 32.6 Å². The summed E-state index contributed by atoms with van der Waals surface area (Å²) in [5.41, 5.74) is 6.80. The van der Waals surface area contributed by atoms with Crippen LogP contribution in [0.15, 0.2) is 18.2 Å².